The molecule has 4 rings (SSSR count). The van der Waals surface area contributed by atoms with Crippen LogP contribution in [0.4, 0.5) is 5.13 Å². The molecule has 7 heteroatoms. The molecule has 2 aliphatic carbocycles. The second-order valence-corrected chi connectivity index (χ2v) is 9.44. The van der Waals surface area contributed by atoms with E-state index in [1.54, 1.807) is 18.3 Å². The van der Waals surface area contributed by atoms with E-state index >= 15 is 0 Å². The van der Waals surface area contributed by atoms with Crippen LogP contribution < -0.4 is 4.90 Å². The number of amides is 2. The molecule has 1 aromatic rings. The van der Waals surface area contributed by atoms with Crippen molar-refractivity contribution in [2.45, 2.75) is 70.9 Å². The number of piperazine rings is 1. The van der Waals surface area contributed by atoms with Crippen LogP contribution in [0.3, 0.4) is 0 Å². The zero-order chi connectivity index (χ0) is 19.5. The van der Waals surface area contributed by atoms with Gasteiger partial charge in [0, 0.05) is 57.5 Å². The quantitative estimate of drug-likeness (QED) is 0.730. The molecule has 3 aliphatic rings. The summed E-state index contributed by atoms with van der Waals surface area (Å²) in [5.74, 6) is 1.06. The number of hydrogen-bond acceptors (Lipinski definition) is 5. The molecule has 154 valence electrons. The molecule has 0 aromatic carbocycles. The topological polar surface area (TPSA) is 56.8 Å². The standard InChI is InChI=1S/C21H32N4O2S/c1-16(26)25(19-7-8-19)21-22-18(15-28-21)14-23-9-11-24(12-10-23)20(27)13-17-5-3-2-4-6-17/h15,17,19H,2-14H2,1H3. The van der Waals surface area contributed by atoms with E-state index in [1.165, 1.54) is 32.1 Å². The first-order chi connectivity index (χ1) is 13.6. The first-order valence-electron chi connectivity index (χ1n) is 10.8. The number of anilines is 1. The number of hydrogen-bond donors (Lipinski definition) is 0. The summed E-state index contributed by atoms with van der Waals surface area (Å²) >= 11 is 1.57. The highest BCUT2D eigenvalue weighted by atomic mass is 32.1. The van der Waals surface area contributed by atoms with Crippen molar-refractivity contribution in [3.63, 3.8) is 0 Å². The van der Waals surface area contributed by atoms with Crippen molar-refractivity contribution in [3.05, 3.63) is 11.1 Å². The third-order valence-corrected chi connectivity index (χ3v) is 7.18. The van der Waals surface area contributed by atoms with Crippen LogP contribution in [0.25, 0.3) is 0 Å². The van der Waals surface area contributed by atoms with Crippen molar-refractivity contribution < 1.29 is 9.59 Å². The van der Waals surface area contributed by atoms with Gasteiger partial charge < -0.3 is 4.90 Å². The monoisotopic (exact) mass is 404 g/mol. The highest BCUT2D eigenvalue weighted by Gasteiger charge is 2.34. The summed E-state index contributed by atoms with van der Waals surface area (Å²) in [5.41, 5.74) is 1.04. The van der Waals surface area contributed by atoms with E-state index < -0.39 is 0 Å². The Morgan fingerprint density at radius 1 is 1.11 bits per heavy atom. The van der Waals surface area contributed by atoms with Gasteiger partial charge in [-0.05, 0) is 31.6 Å². The van der Waals surface area contributed by atoms with Gasteiger partial charge >= 0.3 is 0 Å². The molecule has 2 amide bonds. The molecular weight excluding hydrogens is 372 g/mol. The molecule has 0 atom stereocenters. The Kier molecular flexibility index (Phi) is 6.31. The molecule has 2 saturated carbocycles. The van der Waals surface area contributed by atoms with E-state index in [1.807, 2.05) is 4.90 Å². The van der Waals surface area contributed by atoms with Crippen molar-refractivity contribution in [1.29, 1.82) is 0 Å². The zero-order valence-electron chi connectivity index (χ0n) is 16.9. The summed E-state index contributed by atoms with van der Waals surface area (Å²) in [6.45, 7) is 5.89. The Morgan fingerprint density at radius 2 is 1.82 bits per heavy atom. The fourth-order valence-electron chi connectivity index (χ4n) is 4.51. The van der Waals surface area contributed by atoms with Crippen LogP contribution in [0, 0.1) is 5.92 Å². The predicted molar refractivity (Wildman–Crippen MR) is 111 cm³/mol. The molecule has 2 heterocycles. The number of nitrogens with zero attached hydrogens (tertiary/aromatic N) is 4. The van der Waals surface area contributed by atoms with Gasteiger partial charge in [-0.2, -0.15) is 0 Å². The lowest BCUT2D eigenvalue weighted by atomic mass is 9.86. The molecule has 1 aliphatic heterocycles. The minimum absolute atomic E-state index is 0.0912. The smallest absolute Gasteiger partial charge is 0.225 e. The van der Waals surface area contributed by atoms with Crippen molar-refractivity contribution >= 4 is 28.3 Å². The van der Waals surface area contributed by atoms with Crippen molar-refractivity contribution in [2.75, 3.05) is 31.1 Å². The van der Waals surface area contributed by atoms with Crippen LogP contribution in [0.1, 0.15) is 64.0 Å². The lowest BCUT2D eigenvalue weighted by molar-refractivity contribution is -0.134. The van der Waals surface area contributed by atoms with Gasteiger partial charge in [-0.3, -0.25) is 19.4 Å². The Hall–Kier alpha value is -1.47. The second kappa shape index (κ2) is 8.91. The zero-order valence-corrected chi connectivity index (χ0v) is 17.8. The Bertz CT molecular complexity index is 688. The second-order valence-electron chi connectivity index (χ2n) is 8.61. The highest BCUT2D eigenvalue weighted by molar-refractivity contribution is 7.14. The van der Waals surface area contributed by atoms with Gasteiger partial charge in [0.2, 0.25) is 11.8 Å². The van der Waals surface area contributed by atoms with Crippen LogP contribution in [-0.2, 0) is 16.1 Å². The van der Waals surface area contributed by atoms with Gasteiger partial charge in [0.05, 0.1) is 5.69 Å². The minimum atomic E-state index is 0.0912. The van der Waals surface area contributed by atoms with Crippen LogP contribution in [0.2, 0.25) is 0 Å². The summed E-state index contributed by atoms with van der Waals surface area (Å²) in [7, 11) is 0. The summed E-state index contributed by atoms with van der Waals surface area (Å²) in [5, 5.41) is 2.92. The lowest BCUT2D eigenvalue weighted by Gasteiger charge is -2.35. The van der Waals surface area contributed by atoms with E-state index in [0.29, 0.717) is 17.9 Å². The summed E-state index contributed by atoms with van der Waals surface area (Å²) < 4.78 is 0. The average molecular weight is 405 g/mol. The molecule has 6 nitrogen and oxygen atoms in total. The van der Waals surface area contributed by atoms with Crippen molar-refractivity contribution in [3.8, 4) is 0 Å². The van der Waals surface area contributed by atoms with Crippen LogP contribution in [0.5, 0.6) is 0 Å². The SMILES string of the molecule is CC(=O)N(c1nc(CN2CCN(C(=O)CC3CCCCC3)CC2)cs1)C1CC1. The first-order valence-corrected chi connectivity index (χ1v) is 11.7. The Labute approximate surface area is 171 Å². The maximum atomic E-state index is 12.6. The molecule has 28 heavy (non-hydrogen) atoms. The molecule has 0 unspecified atom stereocenters. The largest absolute Gasteiger partial charge is 0.340 e. The minimum Gasteiger partial charge on any atom is -0.340 e. The highest BCUT2D eigenvalue weighted by Crippen LogP contribution is 2.34. The fraction of sp³-hybridized carbons (Fsp3) is 0.762. The maximum Gasteiger partial charge on any atom is 0.225 e. The van der Waals surface area contributed by atoms with E-state index in [9.17, 15) is 9.59 Å². The number of carbonyl (C=O) groups excluding carboxylic acids is 2. The van der Waals surface area contributed by atoms with Crippen LogP contribution >= 0.6 is 11.3 Å². The van der Waals surface area contributed by atoms with E-state index in [4.69, 9.17) is 4.98 Å². The van der Waals surface area contributed by atoms with Crippen LogP contribution in [0.15, 0.2) is 5.38 Å². The van der Waals surface area contributed by atoms with Gasteiger partial charge in [0.25, 0.3) is 0 Å². The average Bonchev–Trinajstić information content (AvgIpc) is 3.42. The first kappa shape index (κ1) is 19.8. The van der Waals surface area contributed by atoms with E-state index in [-0.39, 0.29) is 5.91 Å². The molecule has 1 saturated heterocycles. The summed E-state index contributed by atoms with van der Waals surface area (Å²) in [6.07, 6.45) is 9.32. The number of carbonyl (C=O) groups is 2. The van der Waals surface area contributed by atoms with Crippen LogP contribution in [-0.4, -0.2) is 58.8 Å². The third-order valence-electron chi connectivity index (χ3n) is 6.30. The van der Waals surface area contributed by atoms with Crippen molar-refractivity contribution in [1.82, 2.24) is 14.8 Å². The fourth-order valence-corrected chi connectivity index (χ4v) is 5.44. The Balaban J connectivity index is 1.24. The molecule has 0 radical (unpaired) electrons. The molecule has 0 N–H and O–H groups in total. The van der Waals surface area contributed by atoms with E-state index in [0.717, 1.165) is 62.8 Å². The normalized spacial score (nSPS) is 21.7. The van der Waals surface area contributed by atoms with Gasteiger partial charge in [0.1, 0.15) is 0 Å². The molecular formula is C21H32N4O2S. The summed E-state index contributed by atoms with van der Waals surface area (Å²) in [4.78, 5) is 35.5. The molecule has 0 bridgehead atoms. The number of rotatable bonds is 6. The maximum absolute atomic E-state index is 12.6. The number of aromatic nitrogens is 1. The summed E-state index contributed by atoms with van der Waals surface area (Å²) in [6, 6.07) is 0.357. The third kappa shape index (κ3) is 4.92. The molecule has 0 spiro atoms. The molecule has 1 aromatic heterocycles. The molecule has 3 fully saturated rings. The van der Waals surface area contributed by atoms with Crippen molar-refractivity contribution in [2.24, 2.45) is 5.92 Å². The number of thiazole rings is 1. The Morgan fingerprint density at radius 3 is 2.46 bits per heavy atom. The van der Waals surface area contributed by atoms with Gasteiger partial charge in [-0.25, -0.2) is 4.98 Å². The van der Waals surface area contributed by atoms with Gasteiger partial charge in [-0.1, -0.05) is 19.3 Å². The predicted octanol–water partition coefficient (Wildman–Crippen LogP) is 3.27. The van der Waals surface area contributed by atoms with Gasteiger partial charge in [-0.15, -0.1) is 11.3 Å². The van der Waals surface area contributed by atoms with E-state index in [2.05, 4.69) is 15.2 Å². The lowest BCUT2D eigenvalue weighted by Crippen LogP contribution is -2.48. The van der Waals surface area contributed by atoms with Gasteiger partial charge in [0.15, 0.2) is 5.13 Å².